The van der Waals surface area contributed by atoms with Crippen molar-refractivity contribution in [1.82, 2.24) is 0 Å². The van der Waals surface area contributed by atoms with Crippen molar-refractivity contribution in [2.75, 3.05) is 0 Å². The van der Waals surface area contributed by atoms with Gasteiger partial charge in [-0.05, 0) is 18.2 Å². The van der Waals surface area contributed by atoms with Gasteiger partial charge in [0.25, 0.3) is 0 Å². The molecule has 0 saturated heterocycles. The van der Waals surface area contributed by atoms with Crippen LogP contribution in [0.3, 0.4) is 0 Å². The van der Waals surface area contributed by atoms with Crippen molar-refractivity contribution in [1.29, 1.82) is 0 Å². The zero-order chi connectivity index (χ0) is 13.2. The molecule has 0 unspecified atom stereocenters. The van der Waals surface area contributed by atoms with Crippen LogP contribution in [0.2, 0.25) is 0 Å². The Labute approximate surface area is 108 Å². The molecule has 0 saturated carbocycles. The topological polar surface area (TPSA) is 71.4 Å². The molecule has 6 heteroatoms. The number of sulfone groups is 1. The Balaban J connectivity index is 2.25. The molecule has 94 valence electrons. The summed E-state index contributed by atoms with van der Waals surface area (Å²) in [5.74, 6) is -1.22. The van der Waals surface area contributed by atoms with Crippen LogP contribution in [-0.4, -0.2) is 19.5 Å². The normalized spacial score (nSPS) is 11.3. The zero-order valence-electron chi connectivity index (χ0n) is 9.24. The van der Waals surface area contributed by atoms with Gasteiger partial charge in [-0.2, -0.15) is 0 Å². The average Bonchev–Trinajstić information content (AvgIpc) is 2.78. The zero-order valence-corrected chi connectivity index (χ0v) is 10.9. The van der Waals surface area contributed by atoms with Crippen LogP contribution in [0.5, 0.6) is 0 Å². The summed E-state index contributed by atoms with van der Waals surface area (Å²) in [6.07, 6.45) is 0. The first-order valence-corrected chi connectivity index (χ1v) is 7.61. The number of thiophene rings is 1. The van der Waals surface area contributed by atoms with E-state index in [1.54, 1.807) is 18.2 Å². The summed E-state index contributed by atoms with van der Waals surface area (Å²) in [6, 6.07) is 9.51. The second-order valence-corrected chi connectivity index (χ2v) is 6.66. The molecule has 1 N–H and O–H groups in total. The Morgan fingerprint density at radius 3 is 2.44 bits per heavy atom. The maximum atomic E-state index is 12.0. The lowest BCUT2D eigenvalue weighted by Crippen LogP contribution is -2.03. The molecule has 0 atom stereocenters. The fraction of sp³-hybridized carbons (Fsp3) is 0.0833. The van der Waals surface area contributed by atoms with Crippen molar-refractivity contribution >= 4 is 27.1 Å². The molecule has 0 fully saturated rings. The summed E-state index contributed by atoms with van der Waals surface area (Å²) in [7, 11) is -3.41. The van der Waals surface area contributed by atoms with Crippen molar-refractivity contribution in [3.8, 4) is 0 Å². The Morgan fingerprint density at radius 2 is 1.89 bits per heavy atom. The SMILES string of the molecule is O=C(O)c1csc(CS(=O)(=O)c2ccccc2)c1. The highest BCUT2D eigenvalue weighted by atomic mass is 32.2. The summed E-state index contributed by atoms with van der Waals surface area (Å²) in [6.45, 7) is 0. The van der Waals surface area contributed by atoms with Crippen LogP contribution < -0.4 is 0 Å². The molecule has 2 aromatic rings. The minimum atomic E-state index is -3.41. The highest BCUT2D eigenvalue weighted by molar-refractivity contribution is 7.90. The summed E-state index contributed by atoms with van der Waals surface area (Å²) < 4.78 is 24.1. The minimum Gasteiger partial charge on any atom is -0.478 e. The molecule has 0 aliphatic carbocycles. The van der Waals surface area contributed by atoms with Crippen LogP contribution in [-0.2, 0) is 15.6 Å². The van der Waals surface area contributed by atoms with Crippen LogP contribution in [0.15, 0.2) is 46.7 Å². The predicted octanol–water partition coefficient (Wildman–Crippen LogP) is 2.42. The molecule has 1 aromatic heterocycles. The summed E-state index contributed by atoms with van der Waals surface area (Å²) in [4.78, 5) is 11.5. The van der Waals surface area contributed by atoms with Crippen molar-refractivity contribution in [3.05, 3.63) is 52.2 Å². The van der Waals surface area contributed by atoms with Crippen LogP contribution in [0.25, 0.3) is 0 Å². The molecule has 1 heterocycles. The van der Waals surface area contributed by atoms with Gasteiger partial charge in [-0.1, -0.05) is 18.2 Å². The molecule has 0 aliphatic rings. The van der Waals surface area contributed by atoms with E-state index in [0.717, 1.165) is 11.3 Å². The van der Waals surface area contributed by atoms with Crippen molar-refractivity contribution in [3.63, 3.8) is 0 Å². The predicted molar refractivity (Wildman–Crippen MR) is 68.6 cm³/mol. The number of carboxylic acids is 1. The lowest BCUT2D eigenvalue weighted by molar-refractivity contribution is 0.0697. The molecule has 18 heavy (non-hydrogen) atoms. The number of rotatable bonds is 4. The summed E-state index contributed by atoms with van der Waals surface area (Å²) in [5, 5.41) is 10.2. The molecule has 0 bridgehead atoms. The maximum absolute atomic E-state index is 12.0. The first-order chi connectivity index (χ1) is 8.49. The first kappa shape index (κ1) is 12.8. The molecule has 2 rings (SSSR count). The third-order valence-corrected chi connectivity index (χ3v) is 5.14. The van der Waals surface area contributed by atoms with E-state index in [9.17, 15) is 13.2 Å². The molecule has 0 spiro atoms. The van der Waals surface area contributed by atoms with E-state index in [1.807, 2.05) is 0 Å². The van der Waals surface area contributed by atoms with Gasteiger partial charge < -0.3 is 5.11 Å². The lowest BCUT2D eigenvalue weighted by Gasteiger charge is -2.01. The van der Waals surface area contributed by atoms with Gasteiger partial charge in [0.1, 0.15) is 0 Å². The third kappa shape index (κ3) is 2.77. The van der Waals surface area contributed by atoms with E-state index in [2.05, 4.69) is 0 Å². The van der Waals surface area contributed by atoms with Crippen LogP contribution in [0.1, 0.15) is 15.2 Å². The van der Waals surface area contributed by atoms with Gasteiger partial charge in [0.15, 0.2) is 9.84 Å². The molecule has 0 radical (unpaired) electrons. The van der Waals surface area contributed by atoms with E-state index in [0.29, 0.717) is 4.88 Å². The Bertz CT molecular complexity index is 656. The highest BCUT2D eigenvalue weighted by Gasteiger charge is 2.17. The fourth-order valence-corrected chi connectivity index (χ4v) is 4.04. The van der Waals surface area contributed by atoms with Crippen LogP contribution in [0, 0.1) is 0 Å². The molecular formula is C12H10O4S2. The summed E-state index contributed by atoms with van der Waals surface area (Å²) >= 11 is 1.14. The summed E-state index contributed by atoms with van der Waals surface area (Å²) in [5.41, 5.74) is 0.123. The second kappa shape index (κ2) is 4.91. The van der Waals surface area contributed by atoms with E-state index in [1.165, 1.54) is 23.6 Å². The third-order valence-electron chi connectivity index (χ3n) is 2.34. The average molecular weight is 282 g/mol. The molecule has 0 aliphatic heterocycles. The van der Waals surface area contributed by atoms with Crippen molar-refractivity contribution in [2.45, 2.75) is 10.6 Å². The number of hydrogen-bond donors (Lipinski definition) is 1. The van der Waals surface area contributed by atoms with Gasteiger partial charge >= 0.3 is 5.97 Å². The number of benzene rings is 1. The Hall–Kier alpha value is -1.66. The van der Waals surface area contributed by atoms with Gasteiger partial charge in [-0.15, -0.1) is 11.3 Å². The molecular weight excluding hydrogens is 272 g/mol. The minimum absolute atomic E-state index is 0.123. The fourth-order valence-electron chi connectivity index (χ4n) is 1.47. The Morgan fingerprint density at radius 1 is 1.22 bits per heavy atom. The van der Waals surface area contributed by atoms with Crippen LogP contribution >= 0.6 is 11.3 Å². The number of hydrogen-bond acceptors (Lipinski definition) is 4. The second-order valence-electron chi connectivity index (χ2n) is 3.68. The number of carboxylic acid groups (broad SMARTS) is 1. The molecule has 0 amide bonds. The van der Waals surface area contributed by atoms with Gasteiger partial charge in [0.2, 0.25) is 0 Å². The van der Waals surface area contributed by atoms with E-state index >= 15 is 0 Å². The monoisotopic (exact) mass is 282 g/mol. The van der Waals surface area contributed by atoms with Crippen LogP contribution in [0.4, 0.5) is 0 Å². The lowest BCUT2D eigenvalue weighted by atomic mass is 10.3. The number of aromatic carboxylic acids is 1. The van der Waals surface area contributed by atoms with E-state index < -0.39 is 15.8 Å². The largest absolute Gasteiger partial charge is 0.478 e. The van der Waals surface area contributed by atoms with Crippen molar-refractivity contribution < 1.29 is 18.3 Å². The molecule has 1 aromatic carbocycles. The first-order valence-electron chi connectivity index (χ1n) is 5.07. The Kier molecular flexibility index (Phi) is 3.49. The van der Waals surface area contributed by atoms with E-state index in [-0.39, 0.29) is 16.2 Å². The van der Waals surface area contributed by atoms with Gasteiger partial charge in [-0.25, -0.2) is 13.2 Å². The highest BCUT2D eigenvalue weighted by Crippen LogP contribution is 2.21. The maximum Gasteiger partial charge on any atom is 0.336 e. The van der Waals surface area contributed by atoms with Gasteiger partial charge in [0, 0.05) is 10.3 Å². The number of carbonyl (C=O) groups is 1. The quantitative estimate of drug-likeness (QED) is 0.934. The smallest absolute Gasteiger partial charge is 0.336 e. The van der Waals surface area contributed by atoms with Gasteiger partial charge in [0.05, 0.1) is 16.2 Å². The van der Waals surface area contributed by atoms with E-state index in [4.69, 9.17) is 5.11 Å². The standard InChI is InChI=1S/C12H10O4S2/c13-12(14)9-6-10(17-7-9)8-18(15,16)11-4-2-1-3-5-11/h1-7H,8H2,(H,13,14). The molecule has 4 nitrogen and oxygen atoms in total. The van der Waals surface area contributed by atoms with Gasteiger partial charge in [-0.3, -0.25) is 0 Å². The van der Waals surface area contributed by atoms with Crippen molar-refractivity contribution in [2.24, 2.45) is 0 Å².